The fourth-order valence-electron chi connectivity index (χ4n) is 1.99. The zero-order valence-corrected chi connectivity index (χ0v) is 15.6. The Bertz CT molecular complexity index is 871. The molecule has 0 saturated carbocycles. The molecule has 1 N–H and O–H groups in total. The van der Waals surface area contributed by atoms with Gasteiger partial charge in [0.15, 0.2) is 11.5 Å². The van der Waals surface area contributed by atoms with Crippen LogP contribution in [0.1, 0.15) is 31.5 Å². The zero-order valence-electron chi connectivity index (χ0n) is 14.8. The van der Waals surface area contributed by atoms with Gasteiger partial charge < -0.3 is 9.47 Å². The van der Waals surface area contributed by atoms with E-state index in [1.54, 1.807) is 20.1 Å². The lowest BCUT2D eigenvalue weighted by Crippen LogP contribution is -2.22. The van der Waals surface area contributed by atoms with Crippen LogP contribution in [0.25, 0.3) is 0 Å². The van der Waals surface area contributed by atoms with E-state index < -0.39 is 0 Å². The molecule has 0 radical (unpaired) electrons. The lowest BCUT2D eigenvalue weighted by Gasteiger charge is -2.12. The predicted octanol–water partition coefficient (Wildman–Crippen LogP) is 2.93. The van der Waals surface area contributed by atoms with E-state index in [0.717, 1.165) is 16.7 Å². The highest BCUT2D eigenvalue weighted by atomic mass is 32.1. The van der Waals surface area contributed by atoms with Crippen LogP contribution in [0.4, 0.5) is 0 Å². The summed E-state index contributed by atoms with van der Waals surface area (Å²) in [6, 6.07) is 5.45. The standard InChI is InChI=1S/C17H22N4O3S/c1-11(2)7-8-24-14-6-5-13(9-15(14)23-4)10-18-21-16(22)12(3)19-20-17(21)25/h5-6,9-11H,7-8H2,1-4H3,(H,20,25)/b18-10+. The van der Waals surface area contributed by atoms with E-state index in [2.05, 4.69) is 29.1 Å². The monoisotopic (exact) mass is 362 g/mol. The Morgan fingerprint density at radius 1 is 1.40 bits per heavy atom. The minimum absolute atomic E-state index is 0.132. The van der Waals surface area contributed by atoms with E-state index in [4.69, 9.17) is 21.7 Å². The third-order valence-corrected chi connectivity index (χ3v) is 3.74. The molecule has 0 spiro atoms. The summed E-state index contributed by atoms with van der Waals surface area (Å²) in [5.74, 6) is 1.86. The molecular formula is C17H22N4O3S. The van der Waals surface area contributed by atoms with Gasteiger partial charge in [-0.05, 0) is 55.2 Å². The second-order valence-corrected chi connectivity index (χ2v) is 6.30. The summed E-state index contributed by atoms with van der Waals surface area (Å²) in [5.41, 5.74) is 0.682. The molecule has 1 aromatic heterocycles. The Kier molecular flexibility index (Phi) is 6.46. The normalized spacial score (nSPS) is 11.2. The molecule has 25 heavy (non-hydrogen) atoms. The van der Waals surface area contributed by atoms with Crippen LogP contribution in [0.3, 0.4) is 0 Å². The van der Waals surface area contributed by atoms with Gasteiger partial charge in [-0.2, -0.15) is 14.9 Å². The van der Waals surface area contributed by atoms with Gasteiger partial charge in [0.05, 0.1) is 19.9 Å². The van der Waals surface area contributed by atoms with Crippen molar-refractivity contribution in [2.75, 3.05) is 13.7 Å². The molecule has 1 aromatic carbocycles. The Labute approximate surface area is 151 Å². The molecule has 0 aliphatic rings. The number of nitrogens with zero attached hydrogens (tertiary/aromatic N) is 3. The van der Waals surface area contributed by atoms with Crippen LogP contribution in [0.2, 0.25) is 0 Å². The van der Waals surface area contributed by atoms with Gasteiger partial charge in [0, 0.05) is 0 Å². The van der Waals surface area contributed by atoms with Crippen molar-refractivity contribution in [3.63, 3.8) is 0 Å². The summed E-state index contributed by atoms with van der Waals surface area (Å²) >= 11 is 5.04. The van der Waals surface area contributed by atoms with Gasteiger partial charge in [0.25, 0.3) is 5.56 Å². The summed E-state index contributed by atoms with van der Waals surface area (Å²) in [5, 5.41) is 10.5. The lowest BCUT2D eigenvalue weighted by atomic mass is 10.1. The van der Waals surface area contributed by atoms with Crippen LogP contribution >= 0.6 is 12.2 Å². The van der Waals surface area contributed by atoms with E-state index >= 15 is 0 Å². The van der Waals surface area contributed by atoms with Crippen LogP contribution in [-0.2, 0) is 0 Å². The van der Waals surface area contributed by atoms with Gasteiger partial charge in [0.1, 0.15) is 5.69 Å². The zero-order chi connectivity index (χ0) is 18.4. The Morgan fingerprint density at radius 2 is 2.16 bits per heavy atom. The fraction of sp³-hybridized carbons (Fsp3) is 0.412. The summed E-state index contributed by atoms with van der Waals surface area (Å²) in [6.45, 7) is 6.51. The van der Waals surface area contributed by atoms with E-state index in [0.29, 0.717) is 24.0 Å². The molecule has 7 nitrogen and oxygen atoms in total. The molecule has 0 aliphatic carbocycles. The van der Waals surface area contributed by atoms with Crippen LogP contribution in [0.15, 0.2) is 28.1 Å². The number of hydrogen-bond donors (Lipinski definition) is 1. The minimum Gasteiger partial charge on any atom is -0.493 e. The van der Waals surface area contributed by atoms with Crippen LogP contribution < -0.4 is 15.0 Å². The first-order valence-electron chi connectivity index (χ1n) is 7.96. The van der Waals surface area contributed by atoms with E-state index in [9.17, 15) is 4.79 Å². The average molecular weight is 362 g/mol. The van der Waals surface area contributed by atoms with Crippen LogP contribution in [-0.4, -0.2) is 34.8 Å². The molecule has 0 aliphatic heterocycles. The number of methoxy groups -OCH3 is 1. The number of aromatic nitrogens is 3. The number of ether oxygens (including phenoxy) is 2. The van der Waals surface area contributed by atoms with Crippen molar-refractivity contribution >= 4 is 18.4 Å². The topological polar surface area (TPSA) is 81.5 Å². The number of benzene rings is 1. The highest BCUT2D eigenvalue weighted by molar-refractivity contribution is 7.71. The molecule has 1 heterocycles. The van der Waals surface area contributed by atoms with Crippen molar-refractivity contribution in [1.82, 2.24) is 14.9 Å². The van der Waals surface area contributed by atoms with Crippen molar-refractivity contribution in [3.8, 4) is 11.5 Å². The van der Waals surface area contributed by atoms with E-state index in [-0.39, 0.29) is 16.0 Å². The smallest absolute Gasteiger partial charge is 0.296 e. The van der Waals surface area contributed by atoms with Gasteiger partial charge >= 0.3 is 0 Å². The summed E-state index contributed by atoms with van der Waals surface area (Å²) < 4.78 is 12.4. The summed E-state index contributed by atoms with van der Waals surface area (Å²) in [6.07, 6.45) is 2.50. The minimum atomic E-state index is -0.361. The fourth-order valence-corrected chi connectivity index (χ4v) is 2.17. The highest BCUT2D eigenvalue weighted by Gasteiger charge is 2.06. The first-order chi connectivity index (χ1) is 11.9. The Hall–Kier alpha value is -2.48. The number of H-pyrrole nitrogens is 1. The molecule has 0 amide bonds. The molecule has 0 unspecified atom stereocenters. The van der Waals surface area contributed by atoms with E-state index in [1.807, 2.05) is 12.1 Å². The van der Waals surface area contributed by atoms with Crippen molar-refractivity contribution < 1.29 is 9.47 Å². The molecule has 0 bridgehead atoms. The molecule has 134 valence electrons. The first-order valence-corrected chi connectivity index (χ1v) is 8.36. The third-order valence-electron chi connectivity index (χ3n) is 3.48. The molecular weight excluding hydrogens is 340 g/mol. The van der Waals surface area contributed by atoms with Gasteiger partial charge in [-0.25, -0.2) is 0 Å². The average Bonchev–Trinajstić information content (AvgIpc) is 2.58. The van der Waals surface area contributed by atoms with Gasteiger partial charge in [-0.1, -0.05) is 13.8 Å². The van der Waals surface area contributed by atoms with Crippen LogP contribution in [0.5, 0.6) is 11.5 Å². The highest BCUT2D eigenvalue weighted by Crippen LogP contribution is 2.27. The number of hydrogen-bond acceptors (Lipinski definition) is 6. The SMILES string of the molecule is COc1cc(/C=N/n2c(=S)[nH]nc(C)c2=O)ccc1OCCC(C)C. The number of rotatable bonds is 7. The van der Waals surface area contributed by atoms with Gasteiger partial charge in [-0.3, -0.25) is 9.89 Å². The van der Waals surface area contributed by atoms with Crippen molar-refractivity contribution in [1.29, 1.82) is 0 Å². The van der Waals surface area contributed by atoms with E-state index in [1.165, 1.54) is 6.21 Å². The second-order valence-electron chi connectivity index (χ2n) is 5.92. The summed E-state index contributed by atoms with van der Waals surface area (Å²) in [4.78, 5) is 12.0. The molecule has 2 aromatic rings. The number of aryl methyl sites for hydroxylation is 1. The second kappa shape index (κ2) is 8.57. The molecule has 0 atom stereocenters. The lowest BCUT2D eigenvalue weighted by molar-refractivity contribution is 0.273. The van der Waals surface area contributed by atoms with Gasteiger partial charge in [0.2, 0.25) is 4.77 Å². The molecule has 0 saturated heterocycles. The Morgan fingerprint density at radius 3 is 2.84 bits per heavy atom. The maximum atomic E-state index is 12.0. The summed E-state index contributed by atoms with van der Waals surface area (Å²) in [7, 11) is 1.58. The third kappa shape index (κ3) is 4.99. The predicted molar refractivity (Wildman–Crippen MR) is 99.4 cm³/mol. The quantitative estimate of drug-likeness (QED) is 0.605. The number of nitrogens with one attached hydrogen (secondary N) is 1. The van der Waals surface area contributed by atoms with Gasteiger partial charge in [-0.15, -0.1) is 0 Å². The first kappa shape index (κ1) is 18.9. The maximum Gasteiger partial charge on any atom is 0.296 e. The van der Waals surface area contributed by atoms with Crippen LogP contribution in [0, 0.1) is 17.6 Å². The van der Waals surface area contributed by atoms with Crippen molar-refractivity contribution in [2.45, 2.75) is 27.2 Å². The largest absolute Gasteiger partial charge is 0.493 e. The molecule has 8 heteroatoms. The molecule has 2 rings (SSSR count). The van der Waals surface area contributed by atoms with Crippen molar-refractivity contribution in [2.24, 2.45) is 11.0 Å². The van der Waals surface area contributed by atoms with Crippen molar-refractivity contribution in [3.05, 3.63) is 44.6 Å². The maximum absolute atomic E-state index is 12.0. The Balaban J connectivity index is 2.22. The molecule has 0 fully saturated rings. The number of aromatic amines is 1.